The lowest BCUT2D eigenvalue weighted by Gasteiger charge is -2.03. The fraction of sp³-hybridized carbons (Fsp3) is 0.300. The first-order chi connectivity index (χ1) is 5.88. The maximum absolute atomic E-state index is 5.82. The van der Waals surface area contributed by atoms with Crippen LogP contribution in [0.5, 0.6) is 0 Å². The number of para-hydroxylation sites is 1. The number of anilines is 1. The molecule has 12 heavy (non-hydrogen) atoms. The summed E-state index contributed by atoms with van der Waals surface area (Å²) in [5, 5.41) is 0. The second kappa shape index (κ2) is 2.97. The summed E-state index contributed by atoms with van der Waals surface area (Å²) in [5.41, 5.74) is 8.96. The summed E-state index contributed by atoms with van der Waals surface area (Å²) in [5.74, 6) is 0. The quantitative estimate of drug-likeness (QED) is 0.625. The molecule has 0 radical (unpaired) electrons. The minimum Gasteiger partial charge on any atom is -0.398 e. The van der Waals surface area contributed by atoms with Crippen molar-refractivity contribution in [3.05, 3.63) is 29.8 Å². The van der Waals surface area contributed by atoms with Gasteiger partial charge in [-0.25, -0.2) is 0 Å². The molecule has 2 N–H and O–H groups in total. The van der Waals surface area contributed by atoms with Crippen LogP contribution in [0, 0.1) is 0 Å². The van der Waals surface area contributed by atoms with Gasteiger partial charge in [-0.1, -0.05) is 18.2 Å². The van der Waals surface area contributed by atoms with Crippen molar-refractivity contribution in [1.82, 2.24) is 0 Å². The number of aliphatic imine (C=N–C) groups is 1. The van der Waals surface area contributed by atoms with Crippen LogP contribution in [0.1, 0.15) is 18.4 Å². The van der Waals surface area contributed by atoms with E-state index >= 15 is 0 Å². The number of nitrogens with two attached hydrogens (primary N) is 1. The highest BCUT2D eigenvalue weighted by Crippen LogP contribution is 2.18. The van der Waals surface area contributed by atoms with Gasteiger partial charge in [-0.15, -0.1) is 0 Å². The minimum absolute atomic E-state index is 0.846. The summed E-state index contributed by atoms with van der Waals surface area (Å²) >= 11 is 0. The number of hydrogen-bond donors (Lipinski definition) is 1. The van der Waals surface area contributed by atoms with Gasteiger partial charge in [0.05, 0.1) is 0 Å². The Balaban J connectivity index is 2.39. The molecule has 0 aromatic heterocycles. The lowest BCUT2D eigenvalue weighted by Crippen LogP contribution is -2.00. The van der Waals surface area contributed by atoms with Crippen molar-refractivity contribution < 1.29 is 0 Å². The maximum atomic E-state index is 5.82. The minimum atomic E-state index is 0.846. The Labute approximate surface area is 72.1 Å². The summed E-state index contributed by atoms with van der Waals surface area (Å²) in [6, 6.07) is 7.93. The average Bonchev–Trinajstić information content (AvgIpc) is 2.57. The summed E-state index contributed by atoms with van der Waals surface area (Å²) in [6.45, 7) is 0.962. The van der Waals surface area contributed by atoms with Gasteiger partial charge in [-0.3, -0.25) is 4.99 Å². The Kier molecular flexibility index (Phi) is 1.82. The molecular weight excluding hydrogens is 148 g/mol. The average molecular weight is 160 g/mol. The Bertz CT molecular complexity index is 315. The van der Waals surface area contributed by atoms with Crippen LogP contribution in [0.15, 0.2) is 29.3 Å². The molecule has 0 atom stereocenters. The summed E-state index contributed by atoms with van der Waals surface area (Å²) in [7, 11) is 0. The van der Waals surface area contributed by atoms with Crippen LogP contribution in [0.2, 0.25) is 0 Å². The van der Waals surface area contributed by atoms with Crippen LogP contribution in [0.3, 0.4) is 0 Å². The second-order valence-corrected chi connectivity index (χ2v) is 3.02. The van der Waals surface area contributed by atoms with E-state index in [0.29, 0.717) is 0 Å². The first-order valence-corrected chi connectivity index (χ1v) is 4.26. The zero-order chi connectivity index (χ0) is 8.39. The van der Waals surface area contributed by atoms with Crippen LogP contribution >= 0.6 is 0 Å². The predicted octanol–water partition coefficient (Wildman–Crippen LogP) is 1.85. The lowest BCUT2D eigenvalue weighted by molar-refractivity contribution is 0.951. The Hall–Kier alpha value is -1.31. The van der Waals surface area contributed by atoms with E-state index in [0.717, 1.165) is 24.2 Å². The van der Waals surface area contributed by atoms with Crippen molar-refractivity contribution in [2.45, 2.75) is 12.8 Å². The normalized spacial score (nSPS) is 16.2. The molecule has 2 nitrogen and oxygen atoms in total. The summed E-state index contributed by atoms with van der Waals surface area (Å²) in [4.78, 5) is 4.40. The maximum Gasteiger partial charge on any atom is 0.0441 e. The molecule has 0 unspecified atom stereocenters. The van der Waals surface area contributed by atoms with Gasteiger partial charge >= 0.3 is 0 Å². The second-order valence-electron chi connectivity index (χ2n) is 3.02. The molecule has 0 amide bonds. The Morgan fingerprint density at radius 3 is 2.75 bits per heavy atom. The van der Waals surface area contributed by atoms with Crippen molar-refractivity contribution in [2.75, 3.05) is 12.3 Å². The Morgan fingerprint density at radius 2 is 2.08 bits per heavy atom. The fourth-order valence-electron chi connectivity index (χ4n) is 1.52. The molecule has 1 aromatic rings. The van der Waals surface area contributed by atoms with E-state index < -0.39 is 0 Å². The van der Waals surface area contributed by atoms with Crippen molar-refractivity contribution in [2.24, 2.45) is 4.99 Å². The van der Waals surface area contributed by atoms with E-state index in [2.05, 4.69) is 4.99 Å². The van der Waals surface area contributed by atoms with Crippen molar-refractivity contribution in [1.29, 1.82) is 0 Å². The van der Waals surface area contributed by atoms with E-state index in [9.17, 15) is 0 Å². The van der Waals surface area contributed by atoms with Crippen LogP contribution in [-0.2, 0) is 0 Å². The van der Waals surface area contributed by atoms with Gasteiger partial charge in [-0.05, 0) is 18.9 Å². The molecule has 1 heterocycles. The van der Waals surface area contributed by atoms with E-state index in [1.807, 2.05) is 24.3 Å². The zero-order valence-electron chi connectivity index (χ0n) is 6.96. The van der Waals surface area contributed by atoms with Gasteiger partial charge in [0, 0.05) is 23.5 Å². The van der Waals surface area contributed by atoms with Crippen molar-refractivity contribution in [3.63, 3.8) is 0 Å². The van der Waals surface area contributed by atoms with Crippen LogP contribution < -0.4 is 5.73 Å². The first-order valence-electron chi connectivity index (χ1n) is 4.26. The van der Waals surface area contributed by atoms with Crippen molar-refractivity contribution in [3.8, 4) is 0 Å². The third-order valence-electron chi connectivity index (χ3n) is 2.15. The van der Waals surface area contributed by atoms with Gasteiger partial charge in [0.1, 0.15) is 0 Å². The molecular formula is C10H12N2. The lowest BCUT2D eigenvalue weighted by atomic mass is 10.1. The molecule has 1 aromatic carbocycles. The largest absolute Gasteiger partial charge is 0.398 e. The van der Waals surface area contributed by atoms with Gasteiger partial charge < -0.3 is 5.73 Å². The number of benzene rings is 1. The van der Waals surface area contributed by atoms with E-state index in [4.69, 9.17) is 5.73 Å². The number of rotatable bonds is 1. The highest BCUT2D eigenvalue weighted by Gasteiger charge is 2.10. The SMILES string of the molecule is Nc1ccccc1C1=NCCC1. The summed E-state index contributed by atoms with van der Waals surface area (Å²) < 4.78 is 0. The highest BCUT2D eigenvalue weighted by atomic mass is 14.8. The number of hydrogen-bond acceptors (Lipinski definition) is 2. The molecule has 1 aliphatic rings. The predicted molar refractivity (Wildman–Crippen MR) is 51.5 cm³/mol. The fourth-order valence-corrected chi connectivity index (χ4v) is 1.52. The first kappa shape index (κ1) is 7.35. The monoisotopic (exact) mass is 160 g/mol. The van der Waals surface area contributed by atoms with Crippen LogP contribution in [-0.4, -0.2) is 12.3 Å². The molecule has 0 bridgehead atoms. The van der Waals surface area contributed by atoms with Gasteiger partial charge in [0.15, 0.2) is 0 Å². The van der Waals surface area contributed by atoms with E-state index in [1.54, 1.807) is 0 Å². The number of nitrogen functional groups attached to an aromatic ring is 1. The molecule has 2 heteroatoms. The van der Waals surface area contributed by atoms with Gasteiger partial charge in [0.2, 0.25) is 0 Å². The molecule has 0 spiro atoms. The summed E-state index contributed by atoms with van der Waals surface area (Å²) in [6.07, 6.45) is 2.25. The molecule has 0 saturated carbocycles. The third kappa shape index (κ3) is 1.20. The Morgan fingerprint density at radius 1 is 1.25 bits per heavy atom. The molecule has 62 valence electrons. The zero-order valence-corrected chi connectivity index (χ0v) is 6.96. The highest BCUT2D eigenvalue weighted by molar-refractivity contribution is 6.05. The molecule has 0 aliphatic carbocycles. The molecule has 0 fully saturated rings. The van der Waals surface area contributed by atoms with Gasteiger partial charge in [-0.2, -0.15) is 0 Å². The smallest absolute Gasteiger partial charge is 0.0441 e. The topological polar surface area (TPSA) is 38.4 Å². The van der Waals surface area contributed by atoms with Crippen LogP contribution in [0.4, 0.5) is 5.69 Å². The van der Waals surface area contributed by atoms with E-state index in [-0.39, 0.29) is 0 Å². The molecule has 1 aliphatic heterocycles. The van der Waals surface area contributed by atoms with Crippen molar-refractivity contribution >= 4 is 11.4 Å². The van der Waals surface area contributed by atoms with E-state index in [1.165, 1.54) is 12.1 Å². The standard InChI is InChI=1S/C10H12N2/c11-9-5-2-1-4-8(9)10-6-3-7-12-10/h1-2,4-5H,3,6-7,11H2. The third-order valence-corrected chi connectivity index (χ3v) is 2.15. The number of nitrogens with zero attached hydrogens (tertiary/aromatic N) is 1. The molecule has 0 saturated heterocycles. The van der Waals surface area contributed by atoms with Crippen LogP contribution in [0.25, 0.3) is 0 Å². The molecule has 2 rings (SSSR count). The van der Waals surface area contributed by atoms with Gasteiger partial charge in [0.25, 0.3) is 0 Å².